The van der Waals surface area contributed by atoms with Crippen LogP contribution in [0.2, 0.25) is 0 Å². The molecule has 2 aliphatic heterocycles. The SMILES string of the molecule is CCOCCCN1C2CCC1CC(CC(=O)O)C2. The van der Waals surface area contributed by atoms with E-state index in [0.29, 0.717) is 24.4 Å². The van der Waals surface area contributed by atoms with Gasteiger partial charge in [0.05, 0.1) is 0 Å². The highest BCUT2D eigenvalue weighted by molar-refractivity contribution is 5.67. The van der Waals surface area contributed by atoms with Crippen LogP contribution < -0.4 is 0 Å². The molecule has 2 aliphatic rings. The summed E-state index contributed by atoms with van der Waals surface area (Å²) in [5, 5.41) is 8.89. The number of piperidine rings is 1. The quantitative estimate of drug-likeness (QED) is 0.708. The molecule has 2 atom stereocenters. The van der Waals surface area contributed by atoms with Crippen molar-refractivity contribution in [2.45, 2.75) is 57.5 Å². The van der Waals surface area contributed by atoms with Crippen LogP contribution in [0.5, 0.6) is 0 Å². The van der Waals surface area contributed by atoms with Crippen LogP contribution in [0.4, 0.5) is 0 Å². The Bertz CT molecular complexity index is 268. The van der Waals surface area contributed by atoms with E-state index in [2.05, 4.69) is 4.90 Å². The maximum Gasteiger partial charge on any atom is 0.303 e. The predicted octanol–water partition coefficient (Wildman–Crippen LogP) is 2.13. The van der Waals surface area contributed by atoms with Crippen LogP contribution in [0.1, 0.15) is 45.4 Å². The van der Waals surface area contributed by atoms with Crippen molar-refractivity contribution in [2.24, 2.45) is 5.92 Å². The number of carboxylic acids is 1. The molecule has 0 amide bonds. The van der Waals surface area contributed by atoms with E-state index in [4.69, 9.17) is 9.84 Å². The largest absolute Gasteiger partial charge is 0.481 e. The molecular weight excluding hydrogens is 230 g/mol. The number of fused-ring (bicyclic) bond motifs is 2. The molecule has 0 aromatic rings. The third kappa shape index (κ3) is 3.45. The molecule has 2 saturated heterocycles. The molecule has 0 radical (unpaired) electrons. The Morgan fingerprint density at radius 2 is 2.00 bits per heavy atom. The van der Waals surface area contributed by atoms with Gasteiger partial charge in [0, 0.05) is 38.3 Å². The molecule has 1 N–H and O–H groups in total. The molecule has 2 fully saturated rings. The number of ether oxygens (including phenoxy) is 1. The molecule has 0 aromatic carbocycles. The molecule has 104 valence electrons. The minimum absolute atomic E-state index is 0.361. The summed E-state index contributed by atoms with van der Waals surface area (Å²) < 4.78 is 5.38. The van der Waals surface area contributed by atoms with Crippen LogP contribution in [-0.4, -0.2) is 47.8 Å². The summed E-state index contributed by atoms with van der Waals surface area (Å²) in [6.07, 6.45) is 6.14. The van der Waals surface area contributed by atoms with E-state index in [0.717, 1.165) is 39.0 Å². The third-order valence-electron chi connectivity index (χ3n) is 4.35. The Kier molecular flexibility index (Phi) is 5.01. The predicted molar refractivity (Wildman–Crippen MR) is 69.6 cm³/mol. The van der Waals surface area contributed by atoms with Crippen LogP contribution in [0, 0.1) is 5.92 Å². The minimum atomic E-state index is -0.635. The van der Waals surface area contributed by atoms with Gasteiger partial charge in [-0.15, -0.1) is 0 Å². The van der Waals surface area contributed by atoms with Crippen molar-refractivity contribution < 1.29 is 14.6 Å². The first kappa shape index (κ1) is 13.8. The number of nitrogens with zero attached hydrogens (tertiary/aromatic N) is 1. The summed E-state index contributed by atoms with van der Waals surface area (Å²) >= 11 is 0. The minimum Gasteiger partial charge on any atom is -0.481 e. The van der Waals surface area contributed by atoms with E-state index >= 15 is 0 Å². The fraction of sp³-hybridized carbons (Fsp3) is 0.929. The number of hydrogen-bond acceptors (Lipinski definition) is 3. The zero-order chi connectivity index (χ0) is 13.0. The summed E-state index contributed by atoms with van der Waals surface area (Å²) in [6, 6.07) is 1.27. The van der Waals surface area contributed by atoms with E-state index in [9.17, 15) is 4.79 Å². The van der Waals surface area contributed by atoms with Crippen molar-refractivity contribution in [1.82, 2.24) is 4.90 Å². The second-order valence-electron chi connectivity index (χ2n) is 5.61. The van der Waals surface area contributed by atoms with Gasteiger partial charge in [0.15, 0.2) is 0 Å². The highest BCUT2D eigenvalue weighted by Gasteiger charge is 2.40. The van der Waals surface area contributed by atoms with Gasteiger partial charge in [0.2, 0.25) is 0 Å². The number of rotatable bonds is 7. The van der Waals surface area contributed by atoms with Crippen molar-refractivity contribution >= 4 is 5.97 Å². The Labute approximate surface area is 109 Å². The van der Waals surface area contributed by atoms with Crippen molar-refractivity contribution in [1.29, 1.82) is 0 Å². The van der Waals surface area contributed by atoms with Crippen LogP contribution in [0.3, 0.4) is 0 Å². The lowest BCUT2D eigenvalue weighted by atomic mass is 9.88. The van der Waals surface area contributed by atoms with Crippen LogP contribution in [0.15, 0.2) is 0 Å². The standard InChI is InChI=1S/C14H25NO3/c1-2-18-7-3-6-15-12-4-5-13(15)9-11(8-12)10-14(16)17/h11-13H,2-10H2,1H3,(H,16,17). The van der Waals surface area contributed by atoms with Gasteiger partial charge in [0.1, 0.15) is 0 Å². The molecule has 0 spiro atoms. The van der Waals surface area contributed by atoms with E-state index in [1.54, 1.807) is 0 Å². The number of carboxylic acid groups (broad SMARTS) is 1. The first-order valence-electron chi connectivity index (χ1n) is 7.26. The average Bonchev–Trinajstić information content (AvgIpc) is 2.56. The molecule has 18 heavy (non-hydrogen) atoms. The van der Waals surface area contributed by atoms with Gasteiger partial charge in [-0.05, 0) is 44.9 Å². The molecule has 2 bridgehead atoms. The molecule has 2 heterocycles. The number of carbonyl (C=O) groups is 1. The zero-order valence-electron chi connectivity index (χ0n) is 11.3. The van der Waals surface area contributed by atoms with Crippen LogP contribution in [0.25, 0.3) is 0 Å². The molecule has 4 heteroatoms. The van der Waals surface area contributed by atoms with Gasteiger partial charge in [0.25, 0.3) is 0 Å². The highest BCUT2D eigenvalue weighted by Crippen LogP contribution is 2.39. The lowest BCUT2D eigenvalue weighted by Gasteiger charge is -2.38. The smallest absolute Gasteiger partial charge is 0.303 e. The van der Waals surface area contributed by atoms with Crippen LogP contribution >= 0.6 is 0 Å². The maximum atomic E-state index is 10.8. The Balaban J connectivity index is 1.77. The monoisotopic (exact) mass is 255 g/mol. The lowest BCUT2D eigenvalue weighted by Crippen LogP contribution is -2.43. The molecular formula is C14H25NO3. The summed E-state index contributed by atoms with van der Waals surface area (Å²) in [5.41, 5.74) is 0. The lowest BCUT2D eigenvalue weighted by molar-refractivity contribution is -0.138. The Morgan fingerprint density at radius 1 is 1.33 bits per heavy atom. The normalized spacial score (nSPS) is 31.7. The summed E-state index contributed by atoms with van der Waals surface area (Å²) in [5.74, 6) is -0.229. The summed E-state index contributed by atoms with van der Waals surface area (Å²) in [6.45, 7) is 4.80. The van der Waals surface area contributed by atoms with Gasteiger partial charge < -0.3 is 9.84 Å². The summed E-state index contributed by atoms with van der Waals surface area (Å²) in [4.78, 5) is 13.4. The van der Waals surface area contributed by atoms with E-state index < -0.39 is 5.97 Å². The maximum absolute atomic E-state index is 10.8. The van der Waals surface area contributed by atoms with E-state index in [1.807, 2.05) is 6.92 Å². The first-order valence-corrected chi connectivity index (χ1v) is 7.26. The fourth-order valence-electron chi connectivity index (χ4n) is 3.66. The topological polar surface area (TPSA) is 49.8 Å². The first-order chi connectivity index (χ1) is 8.70. The molecule has 4 nitrogen and oxygen atoms in total. The fourth-order valence-corrected chi connectivity index (χ4v) is 3.66. The Morgan fingerprint density at radius 3 is 2.56 bits per heavy atom. The van der Waals surface area contributed by atoms with Gasteiger partial charge in [-0.1, -0.05) is 0 Å². The summed E-state index contributed by atoms with van der Waals surface area (Å²) in [7, 11) is 0. The van der Waals surface area contributed by atoms with Gasteiger partial charge in [-0.2, -0.15) is 0 Å². The molecule has 0 aromatic heterocycles. The van der Waals surface area contributed by atoms with Gasteiger partial charge >= 0.3 is 5.97 Å². The van der Waals surface area contributed by atoms with Crippen molar-refractivity contribution in [2.75, 3.05) is 19.8 Å². The van der Waals surface area contributed by atoms with Gasteiger partial charge in [-0.25, -0.2) is 0 Å². The second-order valence-corrected chi connectivity index (χ2v) is 5.61. The second kappa shape index (κ2) is 6.53. The Hall–Kier alpha value is -0.610. The van der Waals surface area contributed by atoms with Crippen molar-refractivity contribution in [3.63, 3.8) is 0 Å². The molecule has 0 saturated carbocycles. The average molecular weight is 255 g/mol. The van der Waals surface area contributed by atoms with E-state index in [-0.39, 0.29) is 0 Å². The van der Waals surface area contributed by atoms with Crippen LogP contribution in [-0.2, 0) is 9.53 Å². The van der Waals surface area contributed by atoms with E-state index in [1.165, 1.54) is 12.8 Å². The highest BCUT2D eigenvalue weighted by atomic mass is 16.5. The van der Waals surface area contributed by atoms with Crippen molar-refractivity contribution in [3.8, 4) is 0 Å². The van der Waals surface area contributed by atoms with Crippen molar-refractivity contribution in [3.05, 3.63) is 0 Å². The third-order valence-corrected chi connectivity index (χ3v) is 4.35. The molecule has 2 unspecified atom stereocenters. The van der Waals surface area contributed by atoms with Gasteiger partial charge in [-0.3, -0.25) is 9.69 Å². The molecule has 2 rings (SSSR count). The zero-order valence-corrected chi connectivity index (χ0v) is 11.3. The molecule has 0 aliphatic carbocycles. The number of hydrogen-bond donors (Lipinski definition) is 1. The number of aliphatic carboxylic acids is 1.